The molecule has 0 aliphatic carbocycles. The zero-order chi connectivity index (χ0) is 76.7. The number of carbonyl (C=O) groups is 4. The van der Waals surface area contributed by atoms with Crippen molar-refractivity contribution in [2.75, 3.05) is 39.6 Å². The van der Waals surface area contributed by atoms with Gasteiger partial charge in [-0.05, 0) is 49.4 Å². The molecule has 19 heteroatoms. The average molecular weight is 1520 g/mol. The van der Waals surface area contributed by atoms with E-state index in [4.69, 9.17) is 37.0 Å². The molecule has 0 fully saturated rings. The summed E-state index contributed by atoms with van der Waals surface area (Å²) in [5.41, 5.74) is 0. The van der Waals surface area contributed by atoms with Crippen molar-refractivity contribution in [1.82, 2.24) is 0 Å². The quantitative estimate of drug-likeness (QED) is 0.0222. The molecule has 0 aliphatic rings. The van der Waals surface area contributed by atoms with Crippen molar-refractivity contribution >= 4 is 39.5 Å². The van der Waals surface area contributed by atoms with Gasteiger partial charge in [-0.3, -0.25) is 37.3 Å². The average Bonchev–Trinajstić information content (AvgIpc) is 0.904. The molecule has 0 amide bonds. The first-order valence-corrected chi connectivity index (χ1v) is 46.8. The highest BCUT2D eigenvalue weighted by atomic mass is 31.2. The topological polar surface area (TPSA) is 237 Å². The van der Waals surface area contributed by atoms with Crippen molar-refractivity contribution in [3.63, 3.8) is 0 Å². The number of hydrogen-bond donors (Lipinski definition) is 3. The summed E-state index contributed by atoms with van der Waals surface area (Å²) < 4.78 is 68.9. The summed E-state index contributed by atoms with van der Waals surface area (Å²) in [5, 5.41) is 10.7. The first-order valence-electron chi connectivity index (χ1n) is 43.8. The molecular formula is C85H166O17P2. The van der Waals surface area contributed by atoms with Gasteiger partial charge in [0.2, 0.25) is 0 Å². The fourth-order valence-electron chi connectivity index (χ4n) is 13.1. The smallest absolute Gasteiger partial charge is 0.462 e. The fourth-order valence-corrected chi connectivity index (χ4v) is 14.7. The minimum Gasteiger partial charge on any atom is -0.462 e. The van der Waals surface area contributed by atoms with Crippen LogP contribution in [0.2, 0.25) is 0 Å². The highest BCUT2D eigenvalue weighted by Crippen LogP contribution is 2.45. The number of carbonyl (C=O) groups excluding carboxylic acids is 4. The molecule has 3 N–H and O–H groups in total. The van der Waals surface area contributed by atoms with Crippen molar-refractivity contribution in [3.05, 3.63) is 0 Å². The van der Waals surface area contributed by atoms with E-state index >= 15 is 0 Å². The second kappa shape index (κ2) is 73.8. The SMILES string of the molecule is CCC(C)CCCCCCCCCCCCCCCCC(=O)OC[C@H](COP(=O)(O)OC[C@@H](O)COP(=O)(O)OC[C@@H](COC(=O)CCCCCCCCCCC(C)CC)OC(=O)CCCCCCCCCCCCCCC(C)C)OC(=O)CCCCCCCCCCCCCCCCCCC(C)C. The van der Waals surface area contributed by atoms with Gasteiger partial charge >= 0.3 is 39.5 Å². The number of hydrogen-bond acceptors (Lipinski definition) is 15. The number of rotatable bonds is 82. The standard InChI is InChI=1S/C85H166O17P2/c1-9-77(7)63-55-47-39-31-25-18-15-16-19-26-32-41-49-57-65-82(87)95-71-80(101-84(89)67-59-51-43-33-27-20-14-12-11-13-17-23-29-37-45-53-61-75(3)4)73-99-103(91,92)97-69-79(86)70-98-104(93,94)100-74-81(72-96-83(88)66-58-50-42-36-35-40-48-56-64-78(8)10-2)102-85(90)68-60-52-44-34-28-22-21-24-30-38-46-54-62-76(5)6/h75-81,86H,9-74H2,1-8H3,(H,91,92)(H,93,94)/t77?,78?,79-,80-,81-/m1/s1. The van der Waals surface area contributed by atoms with E-state index in [1.165, 1.54) is 244 Å². The van der Waals surface area contributed by atoms with E-state index in [9.17, 15) is 43.2 Å². The maximum atomic E-state index is 13.1. The lowest BCUT2D eigenvalue weighted by Crippen LogP contribution is -2.30. The van der Waals surface area contributed by atoms with Gasteiger partial charge in [0.25, 0.3) is 0 Å². The lowest BCUT2D eigenvalue weighted by Gasteiger charge is -2.21. The molecule has 0 bridgehead atoms. The number of aliphatic hydroxyl groups is 1. The third-order valence-corrected chi connectivity index (χ3v) is 22.4. The lowest BCUT2D eigenvalue weighted by atomic mass is 9.99. The fraction of sp³-hybridized carbons (Fsp3) is 0.953. The number of phosphoric ester groups is 2. The van der Waals surface area contributed by atoms with Gasteiger partial charge in [0, 0.05) is 25.7 Å². The van der Waals surface area contributed by atoms with E-state index in [2.05, 4.69) is 55.4 Å². The summed E-state index contributed by atoms with van der Waals surface area (Å²) in [4.78, 5) is 73.2. The van der Waals surface area contributed by atoms with Crippen molar-refractivity contribution in [2.24, 2.45) is 23.7 Å². The van der Waals surface area contributed by atoms with Gasteiger partial charge in [0.05, 0.1) is 26.4 Å². The third-order valence-electron chi connectivity index (χ3n) is 20.5. The van der Waals surface area contributed by atoms with Crippen LogP contribution in [0.25, 0.3) is 0 Å². The van der Waals surface area contributed by atoms with Gasteiger partial charge in [0.1, 0.15) is 19.3 Å². The minimum atomic E-state index is -4.97. The minimum absolute atomic E-state index is 0.106. The van der Waals surface area contributed by atoms with Crippen LogP contribution in [0, 0.1) is 23.7 Å². The van der Waals surface area contributed by atoms with E-state index in [0.717, 1.165) is 114 Å². The van der Waals surface area contributed by atoms with Crippen LogP contribution in [0.15, 0.2) is 0 Å². The van der Waals surface area contributed by atoms with E-state index in [0.29, 0.717) is 25.7 Å². The second-order valence-corrected chi connectivity index (χ2v) is 34.9. The Labute approximate surface area is 638 Å². The first-order chi connectivity index (χ1) is 50.2. The summed E-state index contributed by atoms with van der Waals surface area (Å²) in [6.45, 7) is 14.4. The van der Waals surface area contributed by atoms with Gasteiger partial charge in [-0.25, -0.2) is 9.13 Å². The zero-order valence-electron chi connectivity index (χ0n) is 68.7. The highest BCUT2D eigenvalue weighted by molar-refractivity contribution is 7.47. The monoisotopic (exact) mass is 1520 g/mol. The Hall–Kier alpha value is -1.94. The van der Waals surface area contributed by atoms with Crippen LogP contribution < -0.4 is 0 Å². The normalized spacial score (nSPS) is 14.5. The summed E-state index contributed by atoms with van der Waals surface area (Å²) in [6, 6.07) is 0. The Kier molecular flexibility index (Phi) is 72.5. The third kappa shape index (κ3) is 75.5. The van der Waals surface area contributed by atoms with Crippen molar-refractivity contribution in [3.8, 4) is 0 Å². The molecule has 4 unspecified atom stereocenters. The molecule has 0 aromatic heterocycles. The number of unbranched alkanes of at least 4 members (excludes halogenated alkanes) is 46. The Morgan fingerprint density at radius 1 is 0.269 bits per heavy atom. The summed E-state index contributed by atoms with van der Waals surface area (Å²) in [5.74, 6) is 1.11. The lowest BCUT2D eigenvalue weighted by molar-refractivity contribution is -0.161. The van der Waals surface area contributed by atoms with Crippen LogP contribution in [0.4, 0.5) is 0 Å². The molecule has 104 heavy (non-hydrogen) atoms. The van der Waals surface area contributed by atoms with Crippen molar-refractivity contribution < 1.29 is 80.2 Å². The first kappa shape index (κ1) is 102. The van der Waals surface area contributed by atoms with Crippen LogP contribution in [-0.4, -0.2) is 96.7 Å². The number of ether oxygens (including phenoxy) is 4. The predicted octanol–water partition coefficient (Wildman–Crippen LogP) is 25.6. The Morgan fingerprint density at radius 3 is 0.683 bits per heavy atom. The molecular weight excluding hydrogens is 1350 g/mol. The molecule has 0 spiro atoms. The van der Waals surface area contributed by atoms with Crippen LogP contribution >= 0.6 is 15.6 Å². The summed E-state index contributed by atoms with van der Waals surface area (Å²) in [7, 11) is -9.93. The van der Waals surface area contributed by atoms with Crippen LogP contribution in [0.3, 0.4) is 0 Å². The molecule has 0 saturated carbocycles. The predicted molar refractivity (Wildman–Crippen MR) is 428 cm³/mol. The van der Waals surface area contributed by atoms with Crippen LogP contribution in [-0.2, 0) is 65.4 Å². The number of aliphatic hydroxyl groups excluding tert-OH is 1. The van der Waals surface area contributed by atoms with Gasteiger partial charge < -0.3 is 33.8 Å². The molecule has 0 aliphatic heterocycles. The summed E-state index contributed by atoms with van der Waals surface area (Å²) in [6.07, 6.45) is 62.3. The Balaban J connectivity index is 5.27. The molecule has 17 nitrogen and oxygen atoms in total. The molecule has 0 heterocycles. The Bertz CT molecular complexity index is 2030. The highest BCUT2D eigenvalue weighted by Gasteiger charge is 2.30. The zero-order valence-corrected chi connectivity index (χ0v) is 70.5. The molecule has 7 atom stereocenters. The van der Waals surface area contributed by atoms with Crippen LogP contribution in [0.1, 0.15) is 441 Å². The van der Waals surface area contributed by atoms with Gasteiger partial charge in [0.15, 0.2) is 12.2 Å². The molecule has 618 valence electrons. The maximum Gasteiger partial charge on any atom is 0.472 e. The van der Waals surface area contributed by atoms with E-state index in [1.807, 2.05) is 0 Å². The van der Waals surface area contributed by atoms with E-state index < -0.39 is 97.5 Å². The largest absolute Gasteiger partial charge is 0.472 e. The van der Waals surface area contributed by atoms with E-state index in [-0.39, 0.29) is 25.7 Å². The van der Waals surface area contributed by atoms with Crippen molar-refractivity contribution in [1.29, 1.82) is 0 Å². The molecule has 0 radical (unpaired) electrons. The van der Waals surface area contributed by atoms with Crippen LogP contribution in [0.5, 0.6) is 0 Å². The Morgan fingerprint density at radius 2 is 0.462 bits per heavy atom. The number of phosphoric acid groups is 2. The molecule has 0 saturated heterocycles. The van der Waals surface area contributed by atoms with Gasteiger partial charge in [-0.1, -0.05) is 389 Å². The van der Waals surface area contributed by atoms with Gasteiger partial charge in [-0.15, -0.1) is 0 Å². The molecule has 0 aromatic carbocycles. The van der Waals surface area contributed by atoms with E-state index in [1.54, 1.807) is 0 Å². The second-order valence-electron chi connectivity index (χ2n) is 32.0. The maximum absolute atomic E-state index is 13.1. The molecule has 0 aromatic rings. The van der Waals surface area contributed by atoms with Crippen molar-refractivity contribution in [2.45, 2.75) is 459 Å². The number of esters is 4. The summed E-state index contributed by atoms with van der Waals surface area (Å²) >= 11 is 0. The van der Waals surface area contributed by atoms with Gasteiger partial charge in [-0.2, -0.15) is 0 Å². The molecule has 0 rings (SSSR count).